The monoisotopic (exact) mass is 251 g/mol. The molecule has 17 heavy (non-hydrogen) atoms. The van der Waals surface area contributed by atoms with Crippen LogP contribution in [0.5, 0.6) is 0 Å². The number of hydrogen-bond acceptors (Lipinski definition) is 4. The fourth-order valence-electron chi connectivity index (χ4n) is 1.23. The van der Waals surface area contributed by atoms with Gasteiger partial charge in [0.05, 0.1) is 6.26 Å². The Kier molecular flexibility index (Phi) is 3.39. The summed E-state index contributed by atoms with van der Waals surface area (Å²) in [6.45, 7) is 1.76. The number of nitrogens with one attached hydrogen (secondary N) is 1. The number of anilines is 1. The van der Waals surface area contributed by atoms with E-state index in [0.29, 0.717) is 23.8 Å². The van der Waals surface area contributed by atoms with Crippen molar-refractivity contribution in [3.05, 3.63) is 29.6 Å². The Bertz CT molecular complexity index is 526. The van der Waals surface area contributed by atoms with Crippen LogP contribution in [0.4, 0.5) is 5.82 Å². The fraction of sp³-hybridized carbons (Fsp3) is 0.182. The van der Waals surface area contributed by atoms with Crippen molar-refractivity contribution < 1.29 is 9.21 Å². The summed E-state index contributed by atoms with van der Waals surface area (Å²) in [5.74, 6) is 1.07. The molecule has 1 N–H and O–H groups in total. The van der Waals surface area contributed by atoms with Crippen molar-refractivity contribution in [2.45, 2.75) is 13.3 Å². The van der Waals surface area contributed by atoms with Crippen LogP contribution < -0.4 is 5.32 Å². The standard InChI is InChI=1S/C11H10ClN3O2/c1-2-10(16)14-9-6-8(12)13-11(15-9)7-4-3-5-17-7/h3-6H,2H2,1H3,(H,13,14,15,16). The number of aromatic nitrogens is 2. The van der Waals surface area contributed by atoms with Crippen molar-refractivity contribution in [2.24, 2.45) is 0 Å². The predicted molar refractivity (Wildman–Crippen MR) is 63.7 cm³/mol. The highest BCUT2D eigenvalue weighted by Crippen LogP contribution is 2.20. The molecule has 2 aromatic heterocycles. The van der Waals surface area contributed by atoms with E-state index in [2.05, 4.69) is 15.3 Å². The summed E-state index contributed by atoms with van der Waals surface area (Å²) in [6, 6.07) is 4.93. The fourth-order valence-corrected chi connectivity index (χ4v) is 1.41. The van der Waals surface area contributed by atoms with E-state index in [1.165, 1.54) is 12.3 Å². The van der Waals surface area contributed by atoms with Crippen LogP contribution in [0, 0.1) is 0 Å². The zero-order chi connectivity index (χ0) is 12.3. The molecule has 88 valence electrons. The van der Waals surface area contributed by atoms with Crippen LogP contribution in [-0.4, -0.2) is 15.9 Å². The van der Waals surface area contributed by atoms with Crippen molar-refractivity contribution in [3.63, 3.8) is 0 Å². The Morgan fingerprint density at radius 3 is 3.00 bits per heavy atom. The van der Waals surface area contributed by atoms with E-state index in [1.54, 1.807) is 19.1 Å². The van der Waals surface area contributed by atoms with Crippen LogP contribution in [0.3, 0.4) is 0 Å². The van der Waals surface area contributed by atoms with Crippen LogP contribution in [0.15, 0.2) is 28.9 Å². The van der Waals surface area contributed by atoms with E-state index in [-0.39, 0.29) is 11.1 Å². The second-order valence-corrected chi connectivity index (χ2v) is 3.67. The molecule has 0 aliphatic heterocycles. The number of amides is 1. The molecule has 0 saturated carbocycles. The van der Waals surface area contributed by atoms with E-state index in [0.717, 1.165) is 0 Å². The lowest BCUT2D eigenvalue weighted by Crippen LogP contribution is -2.11. The number of carbonyl (C=O) groups excluding carboxylic acids is 1. The first-order valence-electron chi connectivity index (χ1n) is 5.07. The Hall–Kier alpha value is -1.88. The van der Waals surface area contributed by atoms with Crippen molar-refractivity contribution in [2.75, 3.05) is 5.32 Å². The molecule has 0 saturated heterocycles. The number of halogens is 1. The topological polar surface area (TPSA) is 68.0 Å². The first kappa shape index (κ1) is 11.6. The number of carbonyl (C=O) groups is 1. The first-order chi connectivity index (χ1) is 8.19. The molecule has 5 nitrogen and oxygen atoms in total. The molecule has 0 aromatic carbocycles. The smallest absolute Gasteiger partial charge is 0.225 e. The quantitative estimate of drug-likeness (QED) is 0.852. The highest BCUT2D eigenvalue weighted by Gasteiger charge is 2.09. The zero-order valence-corrected chi connectivity index (χ0v) is 9.86. The number of nitrogens with zero attached hydrogens (tertiary/aromatic N) is 2. The highest BCUT2D eigenvalue weighted by molar-refractivity contribution is 6.29. The van der Waals surface area contributed by atoms with Gasteiger partial charge in [0, 0.05) is 12.5 Å². The molecule has 0 bridgehead atoms. The van der Waals surface area contributed by atoms with Crippen LogP contribution in [0.1, 0.15) is 13.3 Å². The van der Waals surface area contributed by atoms with E-state index in [4.69, 9.17) is 16.0 Å². The molecule has 0 fully saturated rings. The molecule has 0 atom stereocenters. The third-order valence-corrected chi connectivity index (χ3v) is 2.22. The number of furan rings is 1. The normalized spacial score (nSPS) is 10.2. The van der Waals surface area contributed by atoms with Gasteiger partial charge in [-0.15, -0.1) is 0 Å². The Balaban J connectivity index is 2.33. The summed E-state index contributed by atoms with van der Waals surface area (Å²) in [4.78, 5) is 19.4. The Morgan fingerprint density at radius 1 is 1.53 bits per heavy atom. The van der Waals surface area contributed by atoms with Crippen LogP contribution in [-0.2, 0) is 4.79 Å². The molecule has 0 aliphatic carbocycles. The maximum Gasteiger partial charge on any atom is 0.225 e. The van der Waals surface area contributed by atoms with Gasteiger partial charge in [0.25, 0.3) is 0 Å². The van der Waals surface area contributed by atoms with Crippen molar-refractivity contribution in [3.8, 4) is 11.6 Å². The molecule has 0 spiro atoms. The summed E-state index contributed by atoms with van der Waals surface area (Å²) >= 11 is 5.85. The van der Waals surface area contributed by atoms with Gasteiger partial charge in [-0.3, -0.25) is 4.79 Å². The molecule has 0 aliphatic rings. The van der Waals surface area contributed by atoms with Crippen molar-refractivity contribution >= 4 is 23.3 Å². The summed E-state index contributed by atoms with van der Waals surface area (Å²) in [5.41, 5.74) is 0. The Morgan fingerprint density at radius 2 is 2.35 bits per heavy atom. The van der Waals surface area contributed by atoms with Gasteiger partial charge in [-0.1, -0.05) is 18.5 Å². The second-order valence-electron chi connectivity index (χ2n) is 3.28. The maximum absolute atomic E-state index is 11.3. The lowest BCUT2D eigenvalue weighted by molar-refractivity contribution is -0.115. The van der Waals surface area contributed by atoms with Crippen LogP contribution >= 0.6 is 11.6 Å². The third kappa shape index (κ3) is 2.82. The highest BCUT2D eigenvalue weighted by atomic mass is 35.5. The lowest BCUT2D eigenvalue weighted by Gasteiger charge is -2.04. The van der Waals surface area contributed by atoms with E-state index >= 15 is 0 Å². The minimum absolute atomic E-state index is 0.134. The second kappa shape index (κ2) is 4.97. The molecule has 0 radical (unpaired) electrons. The van der Waals surface area contributed by atoms with Crippen molar-refractivity contribution in [1.82, 2.24) is 9.97 Å². The third-order valence-electron chi connectivity index (χ3n) is 2.03. The summed E-state index contributed by atoms with van der Waals surface area (Å²) < 4.78 is 5.16. The van der Waals surface area contributed by atoms with E-state index in [1.807, 2.05) is 0 Å². The average Bonchev–Trinajstić information content (AvgIpc) is 2.81. The molecular formula is C11H10ClN3O2. The van der Waals surface area contributed by atoms with Gasteiger partial charge in [-0.2, -0.15) is 0 Å². The molecule has 2 heterocycles. The van der Waals surface area contributed by atoms with Crippen LogP contribution in [0.25, 0.3) is 11.6 Å². The number of rotatable bonds is 3. The molecular weight excluding hydrogens is 242 g/mol. The molecule has 1 amide bonds. The van der Waals surface area contributed by atoms with Crippen LogP contribution in [0.2, 0.25) is 5.15 Å². The minimum Gasteiger partial charge on any atom is -0.461 e. The van der Waals surface area contributed by atoms with Gasteiger partial charge >= 0.3 is 0 Å². The zero-order valence-electron chi connectivity index (χ0n) is 9.11. The molecule has 0 unspecified atom stereocenters. The number of hydrogen-bond donors (Lipinski definition) is 1. The summed E-state index contributed by atoms with van der Waals surface area (Å²) in [5, 5.41) is 2.87. The summed E-state index contributed by atoms with van der Waals surface area (Å²) in [6.07, 6.45) is 1.89. The predicted octanol–water partition coefficient (Wildman–Crippen LogP) is 2.74. The first-order valence-corrected chi connectivity index (χ1v) is 5.45. The van der Waals surface area contributed by atoms with E-state index < -0.39 is 0 Å². The van der Waals surface area contributed by atoms with Gasteiger partial charge in [0.1, 0.15) is 11.0 Å². The van der Waals surface area contributed by atoms with E-state index in [9.17, 15) is 4.79 Å². The Labute approximate surface area is 103 Å². The lowest BCUT2D eigenvalue weighted by atomic mass is 10.4. The minimum atomic E-state index is -0.134. The largest absolute Gasteiger partial charge is 0.461 e. The van der Waals surface area contributed by atoms with Crippen molar-refractivity contribution in [1.29, 1.82) is 0 Å². The maximum atomic E-state index is 11.3. The van der Waals surface area contributed by atoms with Gasteiger partial charge in [0.2, 0.25) is 5.91 Å². The van der Waals surface area contributed by atoms with Gasteiger partial charge in [-0.25, -0.2) is 9.97 Å². The molecule has 2 aromatic rings. The summed E-state index contributed by atoms with van der Waals surface area (Å²) in [7, 11) is 0. The van der Waals surface area contributed by atoms with Gasteiger partial charge < -0.3 is 9.73 Å². The molecule has 6 heteroatoms. The SMILES string of the molecule is CCC(=O)Nc1cc(Cl)nc(-c2ccco2)n1. The van der Waals surface area contributed by atoms with Gasteiger partial charge in [0.15, 0.2) is 11.6 Å². The van der Waals surface area contributed by atoms with Gasteiger partial charge in [-0.05, 0) is 12.1 Å². The average molecular weight is 252 g/mol. The molecule has 2 rings (SSSR count).